The van der Waals surface area contributed by atoms with Crippen molar-refractivity contribution in [1.29, 1.82) is 0 Å². The molecule has 9 heteroatoms. The highest BCUT2D eigenvalue weighted by Crippen LogP contribution is 2.22. The number of nitrogens with zero attached hydrogens (tertiary/aromatic N) is 2. The number of hydrogen-bond donors (Lipinski definition) is 3. The van der Waals surface area contributed by atoms with E-state index < -0.39 is 11.2 Å². The normalized spacial score (nSPS) is 11.7. The van der Waals surface area contributed by atoms with Gasteiger partial charge in [0.2, 0.25) is 5.91 Å². The Morgan fingerprint density at radius 3 is 2.47 bits per heavy atom. The average molecular weight is 456 g/mol. The summed E-state index contributed by atoms with van der Waals surface area (Å²) in [5.74, 6) is -0.296. The van der Waals surface area contributed by atoms with Crippen molar-refractivity contribution >= 4 is 29.0 Å². The van der Waals surface area contributed by atoms with Crippen LogP contribution in [-0.4, -0.2) is 28.5 Å². The summed E-state index contributed by atoms with van der Waals surface area (Å²) in [5, 5.41) is 3.45. The van der Waals surface area contributed by atoms with E-state index in [-0.39, 0.29) is 36.5 Å². The maximum absolute atomic E-state index is 12.7. The van der Waals surface area contributed by atoms with Crippen LogP contribution in [0.4, 0.5) is 11.5 Å². The van der Waals surface area contributed by atoms with Crippen molar-refractivity contribution in [3.05, 3.63) is 91.6 Å². The van der Waals surface area contributed by atoms with Gasteiger partial charge in [-0.15, -0.1) is 0 Å². The van der Waals surface area contributed by atoms with E-state index in [2.05, 4.69) is 10.3 Å². The molecule has 1 atom stereocenters. The van der Waals surface area contributed by atoms with Crippen LogP contribution in [0.3, 0.4) is 0 Å². The van der Waals surface area contributed by atoms with Gasteiger partial charge < -0.3 is 16.0 Å². The minimum Gasteiger partial charge on any atom is -0.383 e. The highest BCUT2D eigenvalue weighted by molar-refractivity contribution is 6.31. The lowest BCUT2D eigenvalue weighted by Crippen LogP contribution is -2.43. The summed E-state index contributed by atoms with van der Waals surface area (Å²) >= 11 is 6.22. The maximum atomic E-state index is 12.7. The van der Waals surface area contributed by atoms with Crippen LogP contribution in [0.5, 0.6) is 0 Å². The lowest BCUT2D eigenvalue weighted by atomic mass is 10.1. The molecule has 32 heavy (non-hydrogen) atoms. The fourth-order valence-electron chi connectivity index (χ4n) is 3.52. The Morgan fingerprint density at radius 1 is 1.16 bits per heavy atom. The number of likely N-dealkylation sites (N-methyl/N-ethyl adjacent to an activating group) is 1. The van der Waals surface area contributed by atoms with Gasteiger partial charge in [-0.2, -0.15) is 0 Å². The third-order valence-corrected chi connectivity index (χ3v) is 5.52. The van der Waals surface area contributed by atoms with Crippen LogP contribution >= 0.6 is 11.6 Å². The summed E-state index contributed by atoms with van der Waals surface area (Å²) in [4.78, 5) is 41.6. The zero-order valence-corrected chi connectivity index (χ0v) is 18.7. The van der Waals surface area contributed by atoms with Gasteiger partial charge in [0, 0.05) is 11.6 Å². The molecule has 4 N–H and O–H groups in total. The van der Waals surface area contributed by atoms with Crippen LogP contribution in [0.15, 0.2) is 64.2 Å². The van der Waals surface area contributed by atoms with E-state index >= 15 is 0 Å². The fourth-order valence-corrected chi connectivity index (χ4v) is 3.82. The van der Waals surface area contributed by atoms with Crippen molar-refractivity contribution < 1.29 is 4.79 Å². The molecule has 0 bridgehead atoms. The standard InChI is InChI=1S/C23H26ClN5O3/c1-3-28(14-19(30)26-15(2)17-11-7-8-12-18(17)24)20-21(25)29(23(32)27-22(20)31)13-16-9-5-4-6-10-16/h4-12,15H,3,13-14,25H2,1-2H3,(H,26,30)(H,27,31,32). The van der Waals surface area contributed by atoms with Crippen LogP contribution < -0.4 is 27.2 Å². The van der Waals surface area contributed by atoms with E-state index in [1.807, 2.05) is 55.5 Å². The van der Waals surface area contributed by atoms with Crippen molar-refractivity contribution in [2.75, 3.05) is 23.7 Å². The number of aromatic amines is 1. The smallest absolute Gasteiger partial charge is 0.330 e. The second kappa shape index (κ2) is 10.2. The van der Waals surface area contributed by atoms with E-state index in [0.29, 0.717) is 11.6 Å². The molecule has 8 nitrogen and oxygen atoms in total. The third kappa shape index (κ3) is 5.20. The second-order valence-corrected chi connectivity index (χ2v) is 7.80. The molecule has 0 aliphatic rings. The highest BCUT2D eigenvalue weighted by Gasteiger charge is 2.21. The summed E-state index contributed by atoms with van der Waals surface area (Å²) in [5.41, 5.74) is 6.74. The summed E-state index contributed by atoms with van der Waals surface area (Å²) in [6.07, 6.45) is 0. The predicted octanol–water partition coefficient (Wildman–Crippen LogP) is 2.52. The second-order valence-electron chi connectivity index (χ2n) is 7.39. The molecule has 2 aromatic carbocycles. The number of carbonyl (C=O) groups is 1. The summed E-state index contributed by atoms with van der Waals surface area (Å²) in [7, 11) is 0. The highest BCUT2D eigenvalue weighted by atomic mass is 35.5. The van der Waals surface area contributed by atoms with Gasteiger partial charge in [-0.25, -0.2) is 4.79 Å². The minimum atomic E-state index is -0.634. The fraction of sp³-hybridized carbons (Fsp3) is 0.261. The molecule has 3 rings (SSSR count). The number of nitrogen functional groups attached to an aromatic ring is 1. The van der Waals surface area contributed by atoms with Crippen LogP contribution in [-0.2, 0) is 11.3 Å². The van der Waals surface area contributed by atoms with E-state index in [1.54, 1.807) is 17.9 Å². The molecular formula is C23H26ClN5O3. The van der Waals surface area contributed by atoms with Crippen molar-refractivity contribution in [3.63, 3.8) is 0 Å². The lowest BCUT2D eigenvalue weighted by Gasteiger charge is -2.25. The predicted molar refractivity (Wildman–Crippen MR) is 127 cm³/mol. The minimum absolute atomic E-state index is 0.0106. The average Bonchev–Trinajstić information content (AvgIpc) is 2.76. The van der Waals surface area contributed by atoms with Crippen LogP contribution in [0, 0.1) is 0 Å². The number of aromatic nitrogens is 2. The van der Waals surface area contributed by atoms with E-state index in [0.717, 1.165) is 11.1 Å². The first-order valence-corrected chi connectivity index (χ1v) is 10.6. The molecule has 0 spiro atoms. The van der Waals surface area contributed by atoms with Crippen molar-refractivity contribution in [2.45, 2.75) is 26.4 Å². The molecule has 0 aliphatic heterocycles. The number of nitrogens with one attached hydrogen (secondary N) is 2. The van der Waals surface area contributed by atoms with Gasteiger partial charge >= 0.3 is 5.69 Å². The Morgan fingerprint density at radius 2 is 1.81 bits per heavy atom. The molecule has 1 aromatic heterocycles. The molecule has 168 valence electrons. The molecule has 1 amide bonds. The van der Waals surface area contributed by atoms with Gasteiger partial charge in [-0.05, 0) is 31.0 Å². The number of benzene rings is 2. The summed E-state index contributed by atoms with van der Waals surface area (Å²) in [6, 6.07) is 16.2. The molecule has 0 saturated heterocycles. The first-order valence-electron chi connectivity index (χ1n) is 10.3. The molecule has 1 unspecified atom stereocenters. The van der Waals surface area contributed by atoms with Crippen LogP contribution in [0.2, 0.25) is 5.02 Å². The number of halogens is 1. The number of rotatable bonds is 8. The molecule has 0 aliphatic carbocycles. The first kappa shape index (κ1) is 23.1. The Hall–Kier alpha value is -3.52. The van der Waals surface area contributed by atoms with Gasteiger partial charge in [-0.1, -0.05) is 60.1 Å². The number of H-pyrrole nitrogens is 1. The first-order chi connectivity index (χ1) is 15.3. The zero-order chi connectivity index (χ0) is 23.3. The van der Waals surface area contributed by atoms with Gasteiger partial charge in [0.05, 0.1) is 19.1 Å². The monoisotopic (exact) mass is 455 g/mol. The van der Waals surface area contributed by atoms with E-state index in [1.165, 1.54) is 4.57 Å². The maximum Gasteiger partial charge on any atom is 0.330 e. The van der Waals surface area contributed by atoms with Gasteiger partial charge in [0.1, 0.15) is 11.5 Å². The number of anilines is 2. The van der Waals surface area contributed by atoms with Crippen LogP contribution in [0.1, 0.15) is 31.0 Å². The topological polar surface area (TPSA) is 113 Å². The third-order valence-electron chi connectivity index (χ3n) is 5.18. The largest absolute Gasteiger partial charge is 0.383 e. The van der Waals surface area contributed by atoms with Gasteiger partial charge in [-0.3, -0.25) is 19.1 Å². The van der Waals surface area contributed by atoms with Crippen molar-refractivity contribution in [1.82, 2.24) is 14.9 Å². The SMILES string of the molecule is CCN(CC(=O)NC(C)c1ccccc1Cl)c1c(N)n(Cc2ccccc2)c(=O)[nH]c1=O. The Bertz CT molecular complexity index is 1210. The van der Waals surface area contributed by atoms with Crippen molar-refractivity contribution in [2.24, 2.45) is 0 Å². The van der Waals surface area contributed by atoms with Gasteiger partial charge in [0.25, 0.3) is 5.56 Å². The molecule has 3 aromatic rings. The van der Waals surface area contributed by atoms with E-state index in [9.17, 15) is 14.4 Å². The molecule has 0 radical (unpaired) electrons. The lowest BCUT2D eigenvalue weighted by molar-refractivity contribution is -0.120. The summed E-state index contributed by atoms with van der Waals surface area (Å²) < 4.78 is 1.29. The zero-order valence-electron chi connectivity index (χ0n) is 18.0. The Kier molecular flexibility index (Phi) is 7.37. The molecular weight excluding hydrogens is 430 g/mol. The quantitative estimate of drug-likeness (QED) is 0.483. The molecule has 0 fully saturated rings. The Labute approximate surface area is 190 Å². The Balaban J connectivity index is 1.84. The van der Waals surface area contributed by atoms with Gasteiger partial charge in [0.15, 0.2) is 0 Å². The van der Waals surface area contributed by atoms with Crippen LogP contribution in [0.25, 0.3) is 0 Å². The van der Waals surface area contributed by atoms with Crippen molar-refractivity contribution in [3.8, 4) is 0 Å². The van der Waals surface area contributed by atoms with E-state index in [4.69, 9.17) is 17.3 Å². The molecule has 1 heterocycles. The number of hydrogen-bond acceptors (Lipinski definition) is 5. The molecule has 0 saturated carbocycles. The number of amides is 1. The summed E-state index contributed by atoms with van der Waals surface area (Å²) in [6.45, 7) is 4.06. The number of carbonyl (C=O) groups excluding carboxylic acids is 1. The number of nitrogens with two attached hydrogens (primary N) is 1.